The number of benzene rings is 3. The van der Waals surface area contributed by atoms with Crippen LogP contribution in [0.3, 0.4) is 0 Å². The monoisotopic (exact) mass is 459 g/mol. The van der Waals surface area contributed by atoms with Crippen LogP contribution in [-0.4, -0.2) is 40.6 Å². The Labute approximate surface area is 195 Å². The van der Waals surface area contributed by atoms with Crippen molar-refractivity contribution >= 4 is 34.0 Å². The van der Waals surface area contributed by atoms with Gasteiger partial charge in [0.1, 0.15) is 11.5 Å². The van der Waals surface area contributed by atoms with E-state index in [0.29, 0.717) is 28.7 Å². The Morgan fingerprint density at radius 2 is 1.79 bits per heavy atom. The molecule has 0 saturated heterocycles. The van der Waals surface area contributed by atoms with Crippen LogP contribution < -0.4 is 14.8 Å². The Hall–Kier alpha value is -3.84. The lowest BCUT2D eigenvalue weighted by Crippen LogP contribution is -2.08. The first kappa shape index (κ1) is 21.0. The first-order valence-corrected chi connectivity index (χ1v) is 10.9. The van der Waals surface area contributed by atoms with Gasteiger partial charge in [-0.25, -0.2) is 4.98 Å². The van der Waals surface area contributed by atoms with E-state index >= 15 is 0 Å². The van der Waals surface area contributed by atoms with Crippen molar-refractivity contribution in [3.63, 3.8) is 0 Å². The van der Waals surface area contributed by atoms with Crippen LogP contribution in [0.1, 0.15) is 5.56 Å². The number of nitrogens with one attached hydrogen (secondary N) is 1. The van der Waals surface area contributed by atoms with Gasteiger partial charge in [-0.1, -0.05) is 47.1 Å². The highest BCUT2D eigenvalue weighted by molar-refractivity contribution is 6.30. The van der Waals surface area contributed by atoms with Gasteiger partial charge in [0.15, 0.2) is 17.1 Å². The number of halogens is 1. The molecular weight excluding hydrogens is 438 g/mol. The predicted molar refractivity (Wildman–Crippen MR) is 130 cm³/mol. The zero-order valence-corrected chi connectivity index (χ0v) is 19.0. The maximum atomic E-state index is 6.20. The molecule has 0 aliphatic carbocycles. The molecule has 1 N–H and O–H groups in total. The van der Waals surface area contributed by atoms with Crippen molar-refractivity contribution in [1.82, 2.24) is 19.8 Å². The first-order chi connectivity index (χ1) is 16.2. The minimum atomic E-state index is 0.641. The molecule has 2 aromatic heterocycles. The summed E-state index contributed by atoms with van der Waals surface area (Å²) in [6.45, 7) is 0.691. The van der Waals surface area contributed by atoms with E-state index in [0.717, 1.165) is 40.0 Å². The SMILES string of the molecule is COc1ccc(CCNc2nc3c(-c4cccc(Cl)c4)nnn3c3ccccc23)cc1OC. The number of hydrogen-bond acceptors (Lipinski definition) is 6. The summed E-state index contributed by atoms with van der Waals surface area (Å²) in [6, 6.07) is 21.5. The van der Waals surface area contributed by atoms with Crippen molar-refractivity contribution in [3.05, 3.63) is 77.3 Å². The van der Waals surface area contributed by atoms with Crippen molar-refractivity contribution < 1.29 is 9.47 Å². The second-order valence-corrected chi connectivity index (χ2v) is 7.96. The summed E-state index contributed by atoms with van der Waals surface area (Å²) in [5.41, 5.74) is 4.29. The Balaban J connectivity index is 1.49. The van der Waals surface area contributed by atoms with Gasteiger partial charge in [-0.2, -0.15) is 4.52 Å². The highest BCUT2D eigenvalue weighted by Crippen LogP contribution is 2.30. The standard InChI is InChI=1S/C25H22ClN5O2/c1-32-21-11-10-16(14-22(21)33-2)12-13-27-24-19-8-3-4-9-20(19)31-25(28-24)23(29-30-31)17-6-5-7-18(26)15-17/h3-11,14-15H,12-13H2,1-2H3,(H,27,28). The van der Waals surface area contributed by atoms with Gasteiger partial charge in [-0.15, -0.1) is 5.10 Å². The number of hydrogen-bond donors (Lipinski definition) is 1. The van der Waals surface area contributed by atoms with Crippen LogP contribution >= 0.6 is 11.6 Å². The van der Waals surface area contributed by atoms with Crippen LogP contribution in [0.4, 0.5) is 5.82 Å². The molecule has 0 aliphatic rings. The van der Waals surface area contributed by atoms with Gasteiger partial charge in [-0.3, -0.25) is 0 Å². The number of ether oxygens (including phenoxy) is 2. The van der Waals surface area contributed by atoms with Crippen LogP contribution in [0.2, 0.25) is 5.02 Å². The predicted octanol–water partition coefficient (Wildman–Crippen LogP) is 5.27. The Bertz CT molecular complexity index is 1450. The fourth-order valence-electron chi connectivity index (χ4n) is 3.88. The summed E-state index contributed by atoms with van der Waals surface area (Å²) in [5.74, 6) is 2.22. The number of para-hydroxylation sites is 1. The van der Waals surface area contributed by atoms with Gasteiger partial charge >= 0.3 is 0 Å². The summed E-state index contributed by atoms with van der Waals surface area (Å²) < 4.78 is 12.5. The number of methoxy groups -OCH3 is 2. The molecule has 0 spiro atoms. The lowest BCUT2D eigenvalue weighted by atomic mass is 10.1. The normalized spacial score (nSPS) is 11.1. The molecule has 0 aliphatic heterocycles. The van der Waals surface area contributed by atoms with Crippen LogP contribution in [0, 0.1) is 0 Å². The minimum absolute atomic E-state index is 0.641. The van der Waals surface area contributed by atoms with Gasteiger partial charge in [0.05, 0.1) is 19.7 Å². The fraction of sp³-hybridized carbons (Fsp3) is 0.160. The summed E-state index contributed by atoms with van der Waals surface area (Å²) in [4.78, 5) is 4.90. The Kier molecular flexibility index (Phi) is 5.71. The van der Waals surface area contributed by atoms with Gasteiger partial charge < -0.3 is 14.8 Å². The average molecular weight is 460 g/mol. The topological polar surface area (TPSA) is 73.6 Å². The van der Waals surface area contributed by atoms with E-state index in [1.807, 2.05) is 66.7 Å². The molecule has 166 valence electrons. The zero-order chi connectivity index (χ0) is 22.8. The largest absolute Gasteiger partial charge is 0.493 e. The van der Waals surface area contributed by atoms with E-state index < -0.39 is 0 Å². The van der Waals surface area contributed by atoms with Crippen molar-refractivity contribution in [1.29, 1.82) is 0 Å². The van der Waals surface area contributed by atoms with E-state index in [9.17, 15) is 0 Å². The van der Waals surface area contributed by atoms with E-state index in [1.54, 1.807) is 18.7 Å². The number of aromatic nitrogens is 4. The van der Waals surface area contributed by atoms with Crippen LogP contribution in [-0.2, 0) is 6.42 Å². The van der Waals surface area contributed by atoms with E-state index in [1.165, 1.54) is 0 Å². The number of nitrogens with zero attached hydrogens (tertiary/aromatic N) is 4. The van der Waals surface area contributed by atoms with Gasteiger partial charge in [0.2, 0.25) is 0 Å². The molecule has 0 fully saturated rings. The Morgan fingerprint density at radius 1 is 0.939 bits per heavy atom. The second-order valence-electron chi connectivity index (χ2n) is 7.53. The van der Waals surface area contributed by atoms with Crippen LogP contribution in [0.5, 0.6) is 11.5 Å². The highest BCUT2D eigenvalue weighted by Gasteiger charge is 2.16. The molecule has 0 atom stereocenters. The van der Waals surface area contributed by atoms with E-state index in [4.69, 9.17) is 26.1 Å². The molecular formula is C25H22ClN5O2. The molecule has 0 unspecified atom stereocenters. The molecule has 5 aromatic rings. The number of rotatable bonds is 7. The molecule has 3 aromatic carbocycles. The van der Waals surface area contributed by atoms with Crippen molar-refractivity contribution in [2.24, 2.45) is 0 Å². The molecule has 0 radical (unpaired) electrons. The molecule has 33 heavy (non-hydrogen) atoms. The van der Waals surface area contributed by atoms with E-state index in [2.05, 4.69) is 15.6 Å². The summed E-state index contributed by atoms with van der Waals surface area (Å²) in [5, 5.41) is 13.9. The molecule has 8 heteroatoms. The maximum Gasteiger partial charge on any atom is 0.186 e. The van der Waals surface area contributed by atoms with Crippen LogP contribution in [0.15, 0.2) is 66.7 Å². The summed E-state index contributed by atoms with van der Waals surface area (Å²) in [7, 11) is 3.28. The second kappa shape index (κ2) is 8.96. The van der Waals surface area contributed by atoms with Gasteiger partial charge in [0.25, 0.3) is 0 Å². The first-order valence-electron chi connectivity index (χ1n) is 10.5. The summed E-state index contributed by atoms with van der Waals surface area (Å²) >= 11 is 6.20. The fourth-order valence-corrected chi connectivity index (χ4v) is 4.07. The van der Waals surface area contributed by atoms with Crippen LogP contribution in [0.25, 0.3) is 27.8 Å². The van der Waals surface area contributed by atoms with Crippen molar-refractivity contribution in [3.8, 4) is 22.8 Å². The highest BCUT2D eigenvalue weighted by atomic mass is 35.5. The Morgan fingerprint density at radius 3 is 2.61 bits per heavy atom. The lowest BCUT2D eigenvalue weighted by molar-refractivity contribution is 0.354. The van der Waals surface area contributed by atoms with Gasteiger partial charge in [-0.05, 0) is 48.4 Å². The maximum absolute atomic E-state index is 6.20. The minimum Gasteiger partial charge on any atom is -0.493 e. The molecule has 2 heterocycles. The molecule has 0 saturated carbocycles. The third-order valence-corrected chi connectivity index (χ3v) is 5.74. The quantitative estimate of drug-likeness (QED) is 0.357. The smallest absolute Gasteiger partial charge is 0.186 e. The number of fused-ring (bicyclic) bond motifs is 3. The van der Waals surface area contributed by atoms with Crippen molar-refractivity contribution in [2.75, 3.05) is 26.1 Å². The zero-order valence-electron chi connectivity index (χ0n) is 18.2. The summed E-state index contributed by atoms with van der Waals surface area (Å²) in [6.07, 6.45) is 0.792. The average Bonchev–Trinajstić information content (AvgIpc) is 3.28. The molecule has 0 amide bonds. The van der Waals surface area contributed by atoms with Crippen molar-refractivity contribution in [2.45, 2.75) is 6.42 Å². The van der Waals surface area contributed by atoms with E-state index in [-0.39, 0.29) is 0 Å². The lowest BCUT2D eigenvalue weighted by Gasteiger charge is -2.12. The molecule has 0 bridgehead atoms. The third kappa shape index (κ3) is 4.03. The molecule has 7 nitrogen and oxygen atoms in total. The third-order valence-electron chi connectivity index (χ3n) is 5.50. The molecule has 5 rings (SSSR count). The number of anilines is 1. The van der Waals surface area contributed by atoms with Gasteiger partial charge in [0, 0.05) is 22.5 Å².